The SMILES string of the molecule is O=C(O)CCCCC(=O)N(CCO)C1CCCC1. The molecule has 1 saturated carbocycles. The van der Waals surface area contributed by atoms with Crippen molar-refractivity contribution in [3.63, 3.8) is 0 Å². The Morgan fingerprint density at radius 3 is 2.28 bits per heavy atom. The van der Waals surface area contributed by atoms with Gasteiger partial charge in [-0.05, 0) is 25.7 Å². The fourth-order valence-corrected chi connectivity index (χ4v) is 2.53. The Morgan fingerprint density at radius 1 is 1.11 bits per heavy atom. The molecule has 0 spiro atoms. The van der Waals surface area contributed by atoms with Crippen LogP contribution in [0.3, 0.4) is 0 Å². The fourth-order valence-electron chi connectivity index (χ4n) is 2.53. The van der Waals surface area contributed by atoms with Crippen molar-refractivity contribution in [1.82, 2.24) is 4.90 Å². The molecule has 0 unspecified atom stereocenters. The summed E-state index contributed by atoms with van der Waals surface area (Å²) in [4.78, 5) is 24.2. The first-order chi connectivity index (χ1) is 8.65. The van der Waals surface area contributed by atoms with E-state index in [4.69, 9.17) is 10.2 Å². The van der Waals surface area contributed by atoms with E-state index < -0.39 is 5.97 Å². The van der Waals surface area contributed by atoms with Gasteiger partial charge in [0.25, 0.3) is 0 Å². The maximum absolute atomic E-state index is 12.0. The van der Waals surface area contributed by atoms with Crippen molar-refractivity contribution in [2.75, 3.05) is 13.2 Å². The Bertz CT molecular complexity index is 274. The molecule has 1 aliphatic carbocycles. The van der Waals surface area contributed by atoms with Gasteiger partial charge in [-0.1, -0.05) is 12.8 Å². The van der Waals surface area contributed by atoms with Gasteiger partial charge in [-0.3, -0.25) is 9.59 Å². The molecule has 0 aliphatic heterocycles. The second kappa shape index (κ2) is 8.08. The summed E-state index contributed by atoms with van der Waals surface area (Å²) in [6.45, 7) is 0.403. The number of carbonyl (C=O) groups is 2. The minimum atomic E-state index is -0.814. The average molecular weight is 257 g/mol. The molecule has 104 valence electrons. The molecule has 0 aromatic carbocycles. The number of aliphatic hydroxyl groups is 1. The third-order valence-corrected chi connectivity index (χ3v) is 3.46. The van der Waals surface area contributed by atoms with Gasteiger partial charge in [0, 0.05) is 25.4 Å². The number of amides is 1. The zero-order chi connectivity index (χ0) is 13.4. The maximum atomic E-state index is 12.0. The summed E-state index contributed by atoms with van der Waals surface area (Å²) in [6.07, 6.45) is 6.03. The molecule has 18 heavy (non-hydrogen) atoms. The molecule has 0 aromatic heterocycles. The Hall–Kier alpha value is -1.10. The first-order valence-corrected chi connectivity index (χ1v) is 6.77. The molecule has 5 nitrogen and oxygen atoms in total. The molecule has 1 fully saturated rings. The molecule has 1 rings (SSSR count). The molecule has 1 aliphatic rings. The van der Waals surface area contributed by atoms with E-state index in [1.807, 2.05) is 0 Å². The van der Waals surface area contributed by atoms with E-state index in [1.165, 1.54) is 0 Å². The molecule has 2 N–H and O–H groups in total. The average Bonchev–Trinajstić information content (AvgIpc) is 2.84. The molecule has 5 heteroatoms. The predicted octanol–water partition coefficient (Wildman–Crippen LogP) is 1.39. The molecular weight excluding hydrogens is 234 g/mol. The zero-order valence-electron chi connectivity index (χ0n) is 10.8. The van der Waals surface area contributed by atoms with Crippen LogP contribution in [0.2, 0.25) is 0 Å². The van der Waals surface area contributed by atoms with Crippen LogP contribution in [0.25, 0.3) is 0 Å². The van der Waals surface area contributed by atoms with E-state index in [9.17, 15) is 9.59 Å². The van der Waals surface area contributed by atoms with E-state index >= 15 is 0 Å². The number of aliphatic hydroxyl groups excluding tert-OH is 1. The van der Waals surface area contributed by atoms with Crippen LogP contribution in [0.4, 0.5) is 0 Å². The van der Waals surface area contributed by atoms with Gasteiger partial charge in [0.1, 0.15) is 0 Å². The highest BCUT2D eigenvalue weighted by molar-refractivity contribution is 5.76. The molecule has 0 heterocycles. The van der Waals surface area contributed by atoms with Crippen LogP contribution in [0.5, 0.6) is 0 Å². The largest absolute Gasteiger partial charge is 0.481 e. The summed E-state index contributed by atoms with van der Waals surface area (Å²) in [5, 5.41) is 17.5. The summed E-state index contributed by atoms with van der Waals surface area (Å²) in [5.74, 6) is -0.758. The van der Waals surface area contributed by atoms with E-state index in [1.54, 1.807) is 4.90 Å². The first kappa shape index (κ1) is 15.0. The van der Waals surface area contributed by atoms with E-state index in [0.29, 0.717) is 25.8 Å². The Kier molecular flexibility index (Phi) is 6.72. The predicted molar refractivity (Wildman–Crippen MR) is 67.2 cm³/mol. The standard InChI is InChI=1S/C13H23NO4/c15-10-9-14(11-5-1-2-6-11)12(16)7-3-4-8-13(17)18/h11,15H,1-10H2,(H,17,18). The van der Waals surface area contributed by atoms with Crippen LogP contribution in [-0.2, 0) is 9.59 Å². The lowest BCUT2D eigenvalue weighted by atomic mass is 10.1. The third kappa shape index (κ3) is 5.04. The van der Waals surface area contributed by atoms with Crippen molar-refractivity contribution in [2.24, 2.45) is 0 Å². The lowest BCUT2D eigenvalue weighted by molar-refractivity contribution is -0.138. The van der Waals surface area contributed by atoms with Crippen molar-refractivity contribution >= 4 is 11.9 Å². The quantitative estimate of drug-likeness (QED) is 0.644. The van der Waals surface area contributed by atoms with Gasteiger partial charge in [-0.2, -0.15) is 0 Å². The molecule has 0 aromatic rings. The fraction of sp³-hybridized carbons (Fsp3) is 0.846. The second-order valence-corrected chi connectivity index (χ2v) is 4.85. The molecular formula is C13H23NO4. The summed E-state index contributed by atoms with van der Waals surface area (Å²) in [6, 6.07) is 0.282. The van der Waals surface area contributed by atoms with Gasteiger partial charge in [0.15, 0.2) is 0 Å². The topological polar surface area (TPSA) is 77.8 Å². The lowest BCUT2D eigenvalue weighted by Gasteiger charge is -2.28. The summed E-state index contributed by atoms with van der Waals surface area (Å²) in [5.41, 5.74) is 0. The Balaban J connectivity index is 2.32. The molecule has 0 radical (unpaired) electrons. The number of carboxylic acid groups (broad SMARTS) is 1. The van der Waals surface area contributed by atoms with Gasteiger partial charge < -0.3 is 15.1 Å². The van der Waals surface area contributed by atoms with Gasteiger partial charge in [-0.15, -0.1) is 0 Å². The molecule has 0 saturated heterocycles. The maximum Gasteiger partial charge on any atom is 0.303 e. The number of aliphatic carboxylic acids is 1. The number of carboxylic acids is 1. The number of carbonyl (C=O) groups excluding carboxylic acids is 1. The highest BCUT2D eigenvalue weighted by Crippen LogP contribution is 2.24. The van der Waals surface area contributed by atoms with Gasteiger partial charge in [-0.25, -0.2) is 0 Å². The minimum absolute atomic E-state index is 0.00261. The number of hydrogen-bond acceptors (Lipinski definition) is 3. The van der Waals surface area contributed by atoms with Crippen LogP contribution >= 0.6 is 0 Å². The van der Waals surface area contributed by atoms with Crippen molar-refractivity contribution in [1.29, 1.82) is 0 Å². The summed E-state index contributed by atoms with van der Waals surface area (Å²) < 4.78 is 0. The van der Waals surface area contributed by atoms with Crippen LogP contribution in [-0.4, -0.2) is 46.2 Å². The third-order valence-electron chi connectivity index (χ3n) is 3.46. The number of hydrogen-bond donors (Lipinski definition) is 2. The zero-order valence-corrected chi connectivity index (χ0v) is 10.8. The van der Waals surface area contributed by atoms with Crippen LogP contribution < -0.4 is 0 Å². The van der Waals surface area contributed by atoms with Crippen molar-refractivity contribution in [3.05, 3.63) is 0 Å². The van der Waals surface area contributed by atoms with Crippen molar-refractivity contribution in [2.45, 2.75) is 57.4 Å². The number of unbranched alkanes of at least 4 members (excludes halogenated alkanes) is 1. The van der Waals surface area contributed by atoms with E-state index in [-0.39, 0.29) is 25.0 Å². The number of nitrogens with zero attached hydrogens (tertiary/aromatic N) is 1. The van der Waals surface area contributed by atoms with Crippen molar-refractivity contribution < 1.29 is 19.8 Å². The second-order valence-electron chi connectivity index (χ2n) is 4.85. The molecule has 0 bridgehead atoms. The van der Waals surface area contributed by atoms with Gasteiger partial charge in [0.2, 0.25) is 5.91 Å². The van der Waals surface area contributed by atoms with Crippen molar-refractivity contribution in [3.8, 4) is 0 Å². The normalized spacial score (nSPS) is 15.8. The first-order valence-electron chi connectivity index (χ1n) is 6.77. The highest BCUT2D eigenvalue weighted by Gasteiger charge is 2.25. The highest BCUT2D eigenvalue weighted by atomic mass is 16.4. The Morgan fingerprint density at radius 2 is 1.72 bits per heavy atom. The van der Waals surface area contributed by atoms with Crippen LogP contribution in [0, 0.1) is 0 Å². The lowest BCUT2D eigenvalue weighted by Crippen LogP contribution is -2.40. The van der Waals surface area contributed by atoms with E-state index in [2.05, 4.69) is 0 Å². The smallest absolute Gasteiger partial charge is 0.303 e. The molecule has 1 amide bonds. The van der Waals surface area contributed by atoms with Gasteiger partial charge in [0.05, 0.1) is 6.61 Å². The molecule has 0 atom stereocenters. The monoisotopic (exact) mass is 257 g/mol. The van der Waals surface area contributed by atoms with E-state index in [0.717, 1.165) is 25.7 Å². The summed E-state index contributed by atoms with van der Waals surface area (Å²) in [7, 11) is 0. The van der Waals surface area contributed by atoms with Crippen LogP contribution in [0.15, 0.2) is 0 Å². The summed E-state index contributed by atoms with van der Waals surface area (Å²) >= 11 is 0. The Labute approximate surface area is 108 Å². The van der Waals surface area contributed by atoms with Gasteiger partial charge >= 0.3 is 5.97 Å². The minimum Gasteiger partial charge on any atom is -0.481 e. The number of rotatable bonds is 8. The van der Waals surface area contributed by atoms with Crippen LogP contribution in [0.1, 0.15) is 51.4 Å².